The second-order valence-corrected chi connectivity index (χ2v) is 9.57. The van der Waals surface area contributed by atoms with Gasteiger partial charge < -0.3 is 10.0 Å². The van der Waals surface area contributed by atoms with Crippen LogP contribution in [0.25, 0.3) is 0 Å². The fraction of sp³-hybridized carbons (Fsp3) is 0.933. The molecule has 1 aliphatic carbocycles. The first kappa shape index (κ1) is 17.5. The van der Waals surface area contributed by atoms with E-state index < -0.39 is 16.2 Å². The number of rotatable bonds is 3. The van der Waals surface area contributed by atoms with Crippen molar-refractivity contribution in [2.45, 2.75) is 40.0 Å². The summed E-state index contributed by atoms with van der Waals surface area (Å²) < 4.78 is 27.5. The largest absolute Gasteiger partial charge is 0.465 e. The van der Waals surface area contributed by atoms with Crippen LogP contribution in [0.5, 0.6) is 0 Å². The van der Waals surface area contributed by atoms with Crippen molar-refractivity contribution in [3.05, 3.63) is 0 Å². The van der Waals surface area contributed by atoms with Crippen LogP contribution in [0.2, 0.25) is 0 Å². The fourth-order valence-electron chi connectivity index (χ4n) is 4.76. The molecule has 2 atom stereocenters. The molecule has 0 aromatic rings. The molecular weight excluding hydrogens is 306 g/mol. The summed E-state index contributed by atoms with van der Waals surface area (Å²) in [6.45, 7) is 7.91. The molecule has 7 heteroatoms. The summed E-state index contributed by atoms with van der Waals surface area (Å²) >= 11 is 0. The van der Waals surface area contributed by atoms with E-state index in [1.165, 1.54) is 4.90 Å². The normalized spacial score (nSPS) is 28.5. The minimum atomic E-state index is -3.41. The van der Waals surface area contributed by atoms with Gasteiger partial charge in [0, 0.05) is 13.1 Å². The molecule has 22 heavy (non-hydrogen) atoms. The summed E-state index contributed by atoms with van der Waals surface area (Å²) in [5.41, 5.74) is 0.185. The smallest absolute Gasteiger partial charge is 0.407 e. The van der Waals surface area contributed by atoms with Crippen LogP contribution < -0.4 is 0 Å². The van der Waals surface area contributed by atoms with Gasteiger partial charge in [-0.1, -0.05) is 20.8 Å². The zero-order chi connectivity index (χ0) is 16.8. The lowest BCUT2D eigenvalue weighted by Gasteiger charge is -2.62. The van der Waals surface area contributed by atoms with Crippen LogP contribution in [0.1, 0.15) is 40.0 Å². The molecule has 2 rings (SSSR count). The quantitative estimate of drug-likeness (QED) is 0.802. The lowest BCUT2D eigenvalue weighted by molar-refractivity contribution is -0.146. The number of nitrogens with zero attached hydrogens (tertiary/aromatic N) is 1. The summed E-state index contributed by atoms with van der Waals surface area (Å²) in [5.74, 6) is 0.587. The van der Waals surface area contributed by atoms with Crippen molar-refractivity contribution in [2.24, 2.45) is 22.7 Å². The van der Waals surface area contributed by atoms with Crippen LogP contribution in [0.3, 0.4) is 0 Å². The number of hydrogen-bond donors (Lipinski definition) is 1. The van der Waals surface area contributed by atoms with E-state index in [4.69, 9.17) is 9.29 Å². The highest BCUT2D eigenvalue weighted by Crippen LogP contribution is 2.63. The first-order chi connectivity index (χ1) is 9.95. The van der Waals surface area contributed by atoms with Crippen LogP contribution >= 0.6 is 0 Å². The number of carbonyl (C=O) groups is 1. The van der Waals surface area contributed by atoms with E-state index in [0.29, 0.717) is 19.0 Å². The van der Waals surface area contributed by atoms with Crippen molar-refractivity contribution in [3.8, 4) is 0 Å². The zero-order valence-electron chi connectivity index (χ0n) is 13.8. The minimum absolute atomic E-state index is 0.0508. The van der Waals surface area contributed by atoms with Crippen molar-refractivity contribution >= 4 is 16.2 Å². The summed E-state index contributed by atoms with van der Waals surface area (Å²) in [6.07, 6.45) is 2.88. The minimum Gasteiger partial charge on any atom is -0.465 e. The van der Waals surface area contributed by atoms with Crippen LogP contribution in [-0.2, 0) is 14.3 Å². The average molecular weight is 333 g/mol. The molecule has 0 aromatic carbocycles. The third-order valence-corrected chi connectivity index (χ3v) is 5.82. The molecule has 1 spiro atoms. The van der Waals surface area contributed by atoms with Gasteiger partial charge in [-0.25, -0.2) is 4.79 Å². The van der Waals surface area contributed by atoms with E-state index in [-0.39, 0.29) is 23.4 Å². The third-order valence-electron chi connectivity index (χ3n) is 5.26. The van der Waals surface area contributed by atoms with E-state index in [1.807, 2.05) is 0 Å². The summed E-state index contributed by atoms with van der Waals surface area (Å²) in [6, 6.07) is 0. The highest BCUT2D eigenvalue weighted by molar-refractivity contribution is 7.85. The van der Waals surface area contributed by atoms with Gasteiger partial charge in [-0.2, -0.15) is 8.42 Å². The third kappa shape index (κ3) is 3.56. The van der Waals surface area contributed by atoms with E-state index in [9.17, 15) is 13.2 Å². The van der Waals surface area contributed by atoms with Crippen molar-refractivity contribution in [1.82, 2.24) is 4.90 Å². The van der Waals surface area contributed by atoms with Crippen LogP contribution in [-0.4, -0.2) is 50.5 Å². The number of carboxylic acid groups (broad SMARTS) is 1. The zero-order valence-corrected chi connectivity index (χ0v) is 14.6. The Morgan fingerprint density at radius 3 is 2.27 bits per heavy atom. The molecule has 1 aliphatic heterocycles. The number of piperidine rings is 1. The van der Waals surface area contributed by atoms with E-state index >= 15 is 0 Å². The van der Waals surface area contributed by atoms with Gasteiger partial charge in [0.15, 0.2) is 0 Å². The molecular formula is C15H27NO5S. The topological polar surface area (TPSA) is 83.9 Å². The van der Waals surface area contributed by atoms with Gasteiger partial charge >= 0.3 is 6.09 Å². The number of likely N-dealkylation sites (tertiary alicyclic amines) is 1. The molecule has 0 bridgehead atoms. The maximum Gasteiger partial charge on any atom is 0.407 e. The Labute approximate surface area is 133 Å². The Hall–Kier alpha value is -0.820. The molecule has 128 valence electrons. The van der Waals surface area contributed by atoms with Gasteiger partial charge in [-0.15, -0.1) is 0 Å². The molecule has 1 N–H and O–H groups in total. The first-order valence-corrected chi connectivity index (χ1v) is 9.59. The molecule has 1 heterocycles. The Morgan fingerprint density at radius 2 is 1.86 bits per heavy atom. The van der Waals surface area contributed by atoms with Crippen LogP contribution in [0, 0.1) is 22.7 Å². The molecule has 1 saturated heterocycles. The average Bonchev–Trinajstić information content (AvgIpc) is 2.31. The summed E-state index contributed by atoms with van der Waals surface area (Å²) in [5, 5.41) is 9.09. The van der Waals surface area contributed by atoms with Crippen LogP contribution in [0.4, 0.5) is 4.79 Å². The lowest BCUT2D eigenvalue weighted by Crippen LogP contribution is -2.59. The highest BCUT2D eigenvalue weighted by atomic mass is 32.2. The Bertz CT molecular complexity index is 529. The van der Waals surface area contributed by atoms with Gasteiger partial charge in [0.2, 0.25) is 0 Å². The first-order valence-electron chi connectivity index (χ1n) is 7.77. The standard InChI is InChI=1S/C15H27NO5S/c1-14(2,3)12-11(10-21-22(4,19)20)9-15(12)5-7-16(8-6-15)13(17)18/h11-12H,5-10H2,1-4H3,(H,17,18). The van der Waals surface area contributed by atoms with Crippen molar-refractivity contribution < 1.29 is 22.5 Å². The van der Waals surface area contributed by atoms with Crippen molar-refractivity contribution in [2.75, 3.05) is 26.0 Å². The molecule has 2 unspecified atom stereocenters. The predicted octanol–water partition coefficient (Wildman–Crippen LogP) is 2.41. The maximum absolute atomic E-state index is 11.2. The summed E-state index contributed by atoms with van der Waals surface area (Å²) in [7, 11) is -3.41. The van der Waals surface area contributed by atoms with Crippen molar-refractivity contribution in [1.29, 1.82) is 0 Å². The van der Waals surface area contributed by atoms with Crippen LogP contribution in [0.15, 0.2) is 0 Å². The Balaban J connectivity index is 2.06. The second kappa shape index (κ2) is 5.67. The number of amides is 1. The fourth-order valence-corrected chi connectivity index (χ4v) is 5.18. The van der Waals surface area contributed by atoms with Gasteiger partial charge in [0.25, 0.3) is 10.1 Å². The molecule has 0 aromatic heterocycles. The van der Waals surface area contributed by atoms with Crippen molar-refractivity contribution in [3.63, 3.8) is 0 Å². The van der Waals surface area contributed by atoms with Gasteiger partial charge in [-0.3, -0.25) is 4.18 Å². The molecule has 6 nitrogen and oxygen atoms in total. The summed E-state index contributed by atoms with van der Waals surface area (Å²) in [4.78, 5) is 12.5. The molecule has 1 amide bonds. The molecule has 2 fully saturated rings. The SMILES string of the molecule is CC(C)(C)C1C(COS(C)(=O)=O)CC12CCN(C(=O)O)CC2. The lowest BCUT2D eigenvalue weighted by atomic mass is 9.44. The molecule has 1 saturated carbocycles. The molecule has 0 radical (unpaired) electrons. The second-order valence-electron chi connectivity index (χ2n) is 7.93. The predicted molar refractivity (Wildman–Crippen MR) is 83.1 cm³/mol. The van der Waals surface area contributed by atoms with E-state index in [2.05, 4.69) is 20.8 Å². The monoisotopic (exact) mass is 333 g/mol. The Morgan fingerprint density at radius 1 is 1.32 bits per heavy atom. The highest BCUT2D eigenvalue weighted by Gasteiger charge is 2.58. The molecule has 2 aliphatic rings. The van der Waals surface area contributed by atoms with E-state index in [1.54, 1.807) is 0 Å². The van der Waals surface area contributed by atoms with Gasteiger partial charge in [0.1, 0.15) is 0 Å². The number of hydrogen-bond acceptors (Lipinski definition) is 4. The maximum atomic E-state index is 11.2. The van der Waals surface area contributed by atoms with Gasteiger partial charge in [0.05, 0.1) is 12.9 Å². The van der Waals surface area contributed by atoms with E-state index in [0.717, 1.165) is 25.5 Å². The Kier molecular flexibility index (Phi) is 4.52. The van der Waals surface area contributed by atoms with Gasteiger partial charge in [-0.05, 0) is 41.9 Å².